The molecule has 1 unspecified atom stereocenters. The van der Waals surface area contributed by atoms with Crippen molar-refractivity contribution in [2.45, 2.75) is 33.1 Å². The lowest BCUT2D eigenvalue weighted by Gasteiger charge is -2.26. The highest BCUT2D eigenvalue weighted by atomic mass is 35.5. The maximum atomic E-state index is 5.90. The molecule has 1 heterocycles. The Kier molecular flexibility index (Phi) is 4.42. The summed E-state index contributed by atoms with van der Waals surface area (Å²) >= 11 is 7.56. The second-order valence-electron chi connectivity index (χ2n) is 4.15. The van der Waals surface area contributed by atoms with Crippen molar-refractivity contribution in [3.63, 3.8) is 0 Å². The average Bonchev–Trinajstić information content (AvgIpc) is 2.51. The van der Waals surface area contributed by atoms with Crippen LogP contribution in [0, 0.1) is 5.41 Å². The van der Waals surface area contributed by atoms with Gasteiger partial charge in [0.15, 0.2) is 0 Å². The highest BCUT2D eigenvalue weighted by Crippen LogP contribution is 2.31. The van der Waals surface area contributed by atoms with E-state index in [0.717, 1.165) is 17.3 Å². The first kappa shape index (κ1) is 12.0. The molecule has 1 aromatic heterocycles. The standard InChI is InChI=1S/C11H18ClNS/c1-3-6-11(2,8-13)7-9-4-5-10(12)14-9/h4-5H,3,6-8,13H2,1-2H3. The van der Waals surface area contributed by atoms with Crippen LogP contribution in [-0.2, 0) is 6.42 Å². The molecule has 14 heavy (non-hydrogen) atoms. The highest BCUT2D eigenvalue weighted by Gasteiger charge is 2.22. The van der Waals surface area contributed by atoms with Crippen molar-refractivity contribution in [2.75, 3.05) is 6.54 Å². The van der Waals surface area contributed by atoms with Gasteiger partial charge in [-0.2, -0.15) is 0 Å². The molecule has 0 saturated carbocycles. The summed E-state index contributed by atoms with van der Waals surface area (Å²) in [6.07, 6.45) is 3.42. The van der Waals surface area contributed by atoms with Gasteiger partial charge in [-0.1, -0.05) is 31.9 Å². The third kappa shape index (κ3) is 3.26. The summed E-state index contributed by atoms with van der Waals surface area (Å²) in [5.74, 6) is 0. The number of nitrogens with two attached hydrogens (primary N) is 1. The van der Waals surface area contributed by atoms with Gasteiger partial charge in [-0.05, 0) is 36.9 Å². The molecule has 0 aromatic carbocycles. The Morgan fingerprint density at radius 1 is 1.50 bits per heavy atom. The quantitative estimate of drug-likeness (QED) is 0.822. The van der Waals surface area contributed by atoms with Crippen molar-refractivity contribution in [3.8, 4) is 0 Å². The Hall–Kier alpha value is -0.0500. The SMILES string of the molecule is CCCC(C)(CN)Cc1ccc(Cl)s1. The molecule has 3 heteroatoms. The molecule has 2 N–H and O–H groups in total. The maximum absolute atomic E-state index is 5.90. The lowest BCUT2D eigenvalue weighted by atomic mass is 9.82. The average molecular weight is 232 g/mol. The smallest absolute Gasteiger partial charge is 0.0931 e. The first-order valence-electron chi connectivity index (χ1n) is 5.04. The summed E-state index contributed by atoms with van der Waals surface area (Å²) in [4.78, 5) is 1.34. The van der Waals surface area contributed by atoms with Crippen LogP contribution in [0.25, 0.3) is 0 Å². The molecule has 1 atom stereocenters. The topological polar surface area (TPSA) is 26.0 Å². The summed E-state index contributed by atoms with van der Waals surface area (Å²) in [6.45, 7) is 5.20. The van der Waals surface area contributed by atoms with E-state index in [4.69, 9.17) is 17.3 Å². The third-order valence-electron chi connectivity index (χ3n) is 2.58. The van der Waals surface area contributed by atoms with Gasteiger partial charge in [0.2, 0.25) is 0 Å². The molecule has 80 valence electrons. The fraction of sp³-hybridized carbons (Fsp3) is 0.636. The predicted octanol–water partition coefficient (Wildman–Crippen LogP) is 3.71. The molecular formula is C11H18ClNS. The zero-order chi connectivity index (χ0) is 10.6. The van der Waals surface area contributed by atoms with Crippen LogP contribution in [0.1, 0.15) is 31.6 Å². The summed E-state index contributed by atoms with van der Waals surface area (Å²) in [7, 11) is 0. The van der Waals surface area contributed by atoms with Gasteiger partial charge in [-0.3, -0.25) is 0 Å². The summed E-state index contributed by atoms with van der Waals surface area (Å²) in [6, 6.07) is 4.07. The van der Waals surface area contributed by atoms with E-state index >= 15 is 0 Å². The number of hydrogen-bond donors (Lipinski definition) is 1. The van der Waals surface area contributed by atoms with Crippen molar-refractivity contribution >= 4 is 22.9 Å². The maximum Gasteiger partial charge on any atom is 0.0931 e. The van der Waals surface area contributed by atoms with Crippen LogP contribution >= 0.6 is 22.9 Å². The molecule has 1 aromatic rings. The minimum Gasteiger partial charge on any atom is -0.330 e. The van der Waals surface area contributed by atoms with Crippen LogP contribution in [0.3, 0.4) is 0 Å². The minimum atomic E-state index is 0.239. The van der Waals surface area contributed by atoms with Gasteiger partial charge >= 0.3 is 0 Å². The largest absolute Gasteiger partial charge is 0.330 e. The van der Waals surface area contributed by atoms with Crippen LogP contribution in [0.5, 0.6) is 0 Å². The zero-order valence-corrected chi connectivity index (χ0v) is 10.4. The van der Waals surface area contributed by atoms with E-state index in [2.05, 4.69) is 19.9 Å². The molecule has 1 nitrogen and oxygen atoms in total. The molecule has 1 rings (SSSR count). The lowest BCUT2D eigenvalue weighted by molar-refractivity contribution is 0.305. The van der Waals surface area contributed by atoms with Crippen LogP contribution in [0.15, 0.2) is 12.1 Å². The minimum absolute atomic E-state index is 0.239. The van der Waals surface area contributed by atoms with Crippen LogP contribution in [-0.4, -0.2) is 6.54 Å². The Morgan fingerprint density at radius 3 is 2.64 bits per heavy atom. The molecule has 0 aliphatic carbocycles. The van der Waals surface area contributed by atoms with Gasteiger partial charge in [0.1, 0.15) is 0 Å². The highest BCUT2D eigenvalue weighted by molar-refractivity contribution is 7.16. The summed E-state index contributed by atoms with van der Waals surface area (Å²) < 4.78 is 0.871. The van der Waals surface area contributed by atoms with Gasteiger partial charge in [0.05, 0.1) is 4.34 Å². The third-order valence-corrected chi connectivity index (χ3v) is 3.81. The van der Waals surface area contributed by atoms with Gasteiger partial charge < -0.3 is 5.73 Å². The Bertz CT molecular complexity index is 285. The Labute approximate surface area is 95.3 Å². The van der Waals surface area contributed by atoms with E-state index in [1.807, 2.05) is 6.07 Å². The van der Waals surface area contributed by atoms with Gasteiger partial charge in [-0.25, -0.2) is 0 Å². The zero-order valence-electron chi connectivity index (χ0n) is 8.85. The summed E-state index contributed by atoms with van der Waals surface area (Å²) in [5.41, 5.74) is 6.06. The molecule has 0 fully saturated rings. The van der Waals surface area contributed by atoms with Crippen molar-refractivity contribution in [1.29, 1.82) is 0 Å². The molecule has 0 saturated heterocycles. The molecule has 0 bridgehead atoms. The second kappa shape index (κ2) is 5.15. The number of hydrogen-bond acceptors (Lipinski definition) is 2. The van der Waals surface area contributed by atoms with Gasteiger partial charge in [0, 0.05) is 4.88 Å². The van der Waals surface area contributed by atoms with E-state index in [0.29, 0.717) is 0 Å². The van der Waals surface area contributed by atoms with Crippen molar-refractivity contribution < 1.29 is 0 Å². The van der Waals surface area contributed by atoms with E-state index in [-0.39, 0.29) is 5.41 Å². The van der Waals surface area contributed by atoms with E-state index < -0.39 is 0 Å². The van der Waals surface area contributed by atoms with Crippen molar-refractivity contribution in [3.05, 3.63) is 21.3 Å². The van der Waals surface area contributed by atoms with Crippen LogP contribution in [0.4, 0.5) is 0 Å². The Balaban J connectivity index is 2.64. The number of rotatable bonds is 5. The number of thiophene rings is 1. The Morgan fingerprint density at radius 2 is 2.21 bits per heavy atom. The van der Waals surface area contributed by atoms with E-state index in [1.165, 1.54) is 17.7 Å². The molecule has 0 spiro atoms. The molecule has 0 radical (unpaired) electrons. The first-order chi connectivity index (χ1) is 6.59. The van der Waals surface area contributed by atoms with Gasteiger partial charge in [0.25, 0.3) is 0 Å². The molecule has 0 amide bonds. The molecule has 0 aliphatic heterocycles. The first-order valence-corrected chi connectivity index (χ1v) is 6.23. The predicted molar refractivity (Wildman–Crippen MR) is 65.1 cm³/mol. The van der Waals surface area contributed by atoms with E-state index in [9.17, 15) is 0 Å². The molecule has 0 aliphatic rings. The number of halogens is 1. The van der Waals surface area contributed by atoms with Crippen molar-refractivity contribution in [2.24, 2.45) is 11.1 Å². The second-order valence-corrected chi connectivity index (χ2v) is 5.95. The van der Waals surface area contributed by atoms with Crippen LogP contribution in [0.2, 0.25) is 4.34 Å². The van der Waals surface area contributed by atoms with Crippen LogP contribution < -0.4 is 5.73 Å². The van der Waals surface area contributed by atoms with Gasteiger partial charge in [-0.15, -0.1) is 11.3 Å². The molecular weight excluding hydrogens is 214 g/mol. The fourth-order valence-electron chi connectivity index (χ4n) is 1.73. The normalized spacial score (nSPS) is 15.4. The van der Waals surface area contributed by atoms with Crippen molar-refractivity contribution in [1.82, 2.24) is 0 Å². The lowest BCUT2D eigenvalue weighted by Crippen LogP contribution is -2.29. The van der Waals surface area contributed by atoms with E-state index in [1.54, 1.807) is 11.3 Å². The monoisotopic (exact) mass is 231 g/mol. The summed E-state index contributed by atoms with van der Waals surface area (Å²) in [5, 5.41) is 0. The fourth-order valence-corrected chi connectivity index (χ4v) is 3.04.